The molecule has 0 amide bonds. The second-order valence-corrected chi connectivity index (χ2v) is 3.68. The lowest BCUT2D eigenvalue weighted by Gasteiger charge is -2.00. The lowest BCUT2D eigenvalue weighted by Crippen LogP contribution is -2.16. The first-order valence-corrected chi connectivity index (χ1v) is 5.46. The van der Waals surface area contributed by atoms with Gasteiger partial charge in [-0.25, -0.2) is 0 Å². The van der Waals surface area contributed by atoms with Gasteiger partial charge in [0, 0.05) is 18.8 Å². The van der Waals surface area contributed by atoms with Gasteiger partial charge in [-0.1, -0.05) is 19.4 Å². The second-order valence-electron chi connectivity index (χ2n) is 2.46. The Labute approximate surface area is 74.6 Å². The first kappa shape index (κ1) is 11.1. The van der Waals surface area contributed by atoms with Gasteiger partial charge in [0.2, 0.25) is 0 Å². The molecule has 2 heteroatoms. The van der Waals surface area contributed by atoms with Gasteiger partial charge in [-0.3, -0.25) is 0 Å². The lowest BCUT2D eigenvalue weighted by atomic mass is 10.4. The van der Waals surface area contributed by atoms with E-state index in [9.17, 15) is 0 Å². The third-order valence-corrected chi connectivity index (χ3v) is 2.42. The second kappa shape index (κ2) is 10.0. The van der Waals surface area contributed by atoms with Crippen LogP contribution >= 0.6 is 11.8 Å². The molecule has 0 bridgehead atoms. The standard InChI is InChI=1S/C9H19NS/c1-3-5-8-11-9-7-10-6-4-2/h4,10H,2-3,5-9H2,1H3. The molecule has 0 fully saturated rings. The van der Waals surface area contributed by atoms with E-state index in [4.69, 9.17) is 0 Å². The van der Waals surface area contributed by atoms with Crippen molar-refractivity contribution in [3.8, 4) is 0 Å². The number of hydrogen-bond acceptors (Lipinski definition) is 2. The molecule has 0 rings (SSSR count). The largest absolute Gasteiger partial charge is 0.312 e. The highest BCUT2D eigenvalue weighted by Gasteiger charge is 1.86. The molecular formula is C9H19NS. The van der Waals surface area contributed by atoms with Gasteiger partial charge in [-0.2, -0.15) is 11.8 Å². The fraction of sp³-hybridized carbons (Fsp3) is 0.778. The molecule has 0 aliphatic rings. The topological polar surface area (TPSA) is 12.0 Å². The molecular weight excluding hydrogens is 154 g/mol. The Balaban J connectivity index is 2.74. The highest BCUT2D eigenvalue weighted by atomic mass is 32.2. The van der Waals surface area contributed by atoms with Crippen LogP contribution in [0.25, 0.3) is 0 Å². The third kappa shape index (κ3) is 10.1. The van der Waals surface area contributed by atoms with Crippen LogP contribution in [-0.2, 0) is 0 Å². The molecule has 0 unspecified atom stereocenters. The Kier molecular flexibility index (Phi) is 10.1. The van der Waals surface area contributed by atoms with Crippen molar-refractivity contribution in [2.75, 3.05) is 24.6 Å². The van der Waals surface area contributed by atoms with E-state index in [0.717, 1.165) is 13.1 Å². The molecule has 0 aromatic carbocycles. The van der Waals surface area contributed by atoms with Crippen LogP contribution in [-0.4, -0.2) is 24.6 Å². The third-order valence-electron chi connectivity index (χ3n) is 1.35. The molecule has 0 atom stereocenters. The first-order valence-electron chi connectivity index (χ1n) is 4.31. The van der Waals surface area contributed by atoms with Crippen molar-refractivity contribution in [1.82, 2.24) is 5.32 Å². The molecule has 0 aromatic heterocycles. The van der Waals surface area contributed by atoms with Crippen LogP contribution < -0.4 is 5.32 Å². The van der Waals surface area contributed by atoms with E-state index < -0.39 is 0 Å². The molecule has 66 valence electrons. The van der Waals surface area contributed by atoms with E-state index in [-0.39, 0.29) is 0 Å². The zero-order valence-corrected chi connectivity index (χ0v) is 8.25. The summed E-state index contributed by atoms with van der Waals surface area (Å²) in [5, 5.41) is 3.27. The van der Waals surface area contributed by atoms with Crippen molar-refractivity contribution < 1.29 is 0 Å². The molecule has 0 aromatic rings. The maximum Gasteiger partial charge on any atom is 0.0132 e. The van der Waals surface area contributed by atoms with E-state index in [1.54, 1.807) is 0 Å². The van der Waals surface area contributed by atoms with Gasteiger partial charge in [0.1, 0.15) is 0 Å². The van der Waals surface area contributed by atoms with Crippen LogP contribution in [0.4, 0.5) is 0 Å². The average Bonchev–Trinajstić information content (AvgIpc) is 2.03. The van der Waals surface area contributed by atoms with Gasteiger partial charge in [0.25, 0.3) is 0 Å². The van der Waals surface area contributed by atoms with E-state index in [0.29, 0.717) is 0 Å². The van der Waals surface area contributed by atoms with Crippen LogP contribution in [0.2, 0.25) is 0 Å². The van der Waals surface area contributed by atoms with E-state index in [1.165, 1.54) is 24.3 Å². The smallest absolute Gasteiger partial charge is 0.0132 e. The van der Waals surface area contributed by atoms with Gasteiger partial charge in [-0.15, -0.1) is 6.58 Å². The van der Waals surface area contributed by atoms with Crippen molar-refractivity contribution in [2.45, 2.75) is 19.8 Å². The summed E-state index contributed by atoms with van der Waals surface area (Å²) in [7, 11) is 0. The Hall–Kier alpha value is 0.0500. The molecule has 1 N–H and O–H groups in total. The van der Waals surface area contributed by atoms with Crippen molar-refractivity contribution >= 4 is 11.8 Å². The van der Waals surface area contributed by atoms with Gasteiger partial charge in [0.15, 0.2) is 0 Å². The van der Waals surface area contributed by atoms with Crippen LogP contribution in [0.15, 0.2) is 12.7 Å². The summed E-state index contributed by atoms with van der Waals surface area (Å²) in [5.41, 5.74) is 0. The van der Waals surface area contributed by atoms with Crippen molar-refractivity contribution in [1.29, 1.82) is 0 Å². The van der Waals surface area contributed by atoms with Gasteiger partial charge in [-0.05, 0) is 12.2 Å². The van der Waals surface area contributed by atoms with Crippen molar-refractivity contribution in [3.05, 3.63) is 12.7 Å². The molecule has 0 aliphatic carbocycles. The molecule has 1 nitrogen and oxygen atoms in total. The molecule has 0 saturated carbocycles. The quantitative estimate of drug-likeness (QED) is 0.446. The molecule has 11 heavy (non-hydrogen) atoms. The zero-order chi connectivity index (χ0) is 8.36. The van der Waals surface area contributed by atoms with E-state index in [2.05, 4.69) is 18.8 Å². The summed E-state index contributed by atoms with van der Waals surface area (Å²) < 4.78 is 0. The minimum absolute atomic E-state index is 0.939. The SMILES string of the molecule is C=CCNCCSCCCC. The number of rotatable bonds is 8. The minimum atomic E-state index is 0.939. The highest BCUT2D eigenvalue weighted by molar-refractivity contribution is 7.99. The van der Waals surface area contributed by atoms with Crippen LogP contribution in [0, 0.1) is 0 Å². The summed E-state index contributed by atoms with van der Waals surface area (Å²) >= 11 is 2.03. The Bertz CT molecular complexity index is 83.6. The predicted molar refractivity (Wildman–Crippen MR) is 55.3 cm³/mol. The fourth-order valence-electron chi connectivity index (χ4n) is 0.697. The Morgan fingerprint density at radius 3 is 2.91 bits per heavy atom. The highest BCUT2D eigenvalue weighted by Crippen LogP contribution is 2.02. The van der Waals surface area contributed by atoms with Crippen LogP contribution in [0.1, 0.15) is 19.8 Å². The minimum Gasteiger partial charge on any atom is -0.312 e. The van der Waals surface area contributed by atoms with Gasteiger partial charge >= 0.3 is 0 Å². The van der Waals surface area contributed by atoms with E-state index in [1.807, 2.05) is 17.8 Å². The van der Waals surface area contributed by atoms with Crippen molar-refractivity contribution in [2.24, 2.45) is 0 Å². The maximum atomic E-state index is 3.64. The maximum absolute atomic E-state index is 3.64. The lowest BCUT2D eigenvalue weighted by molar-refractivity contribution is 0.805. The summed E-state index contributed by atoms with van der Waals surface area (Å²) in [5.74, 6) is 2.54. The monoisotopic (exact) mass is 173 g/mol. The van der Waals surface area contributed by atoms with Crippen LogP contribution in [0.5, 0.6) is 0 Å². The van der Waals surface area contributed by atoms with Crippen LogP contribution in [0.3, 0.4) is 0 Å². The number of thioether (sulfide) groups is 1. The van der Waals surface area contributed by atoms with Gasteiger partial charge in [0.05, 0.1) is 0 Å². The summed E-state index contributed by atoms with van der Waals surface area (Å²) in [6, 6.07) is 0. The van der Waals surface area contributed by atoms with Gasteiger partial charge < -0.3 is 5.32 Å². The number of nitrogens with one attached hydrogen (secondary N) is 1. The summed E-state index contributed by atoms with van der Waals surface area (Å²) in [6.45, 7) is 7.92. The fourth-order valence-corrected chi connectivity index (χ4v) is 1.68. The molecule has 0 radical (unpaired) electrons. The number of unbranched alkanes of at least 4 members (excludes halogenated alkanes) is 1. The zero-order valence-electron chi connectivity index (χ0n) is 7.44. The average molecular weight is 173 g/mol. The molecule has 0 heterocycles. The van der Waals surface area contributed by atoms with E-state index >= 15 is 0 Å². The normalized spacial score (nSPS) is 9.91. The first-order chi connectivity index (χ1) is 5.41. The Morgan fingerprint density at radius 1 is 1.45 bits per heavy atom. The number of hydrogen-bond donors (Lipinski definition) is 1. The molecule has 0 saturated heterocycles. The summed E-state index contributed by atoms with van der Waals surface area (Å²) in [6.07, 6.45) is 4.57. The predicted octanol–water partition coefficient (Wildman–Crippen LogP) is 2.30. The molecule has 0 spiro atoms. The Morgan fingerprint density at radius 2 is 2.27 bits per heavy atom. The molecule has 0 aliphatic heterocycles. The van der Waals surface area contributed by atoms with Crippen molar-refractivity contribution in [3.63, 3.8) is 0 Å². The summed E-state index contributed by atoms with van der Waals surface area (Å²) in [4.78, 5) is 0.